The number of aryl methyl sites for hydroxylation is 2. The fourth-order valence-electron chi connectivity index (χ4n) is 3.23. The van der Waals surface area contributed by atoms with E-state index in [9.17, 15) is 4.57 Å². The summed E-state index contributed by atoms with van der Waals surface area (Å²) in [5, 5.41) is 2.37. The smallest absolute Gasteiger partial charge is 0.316 e. The van der Waals surface area contributed by atoms with Gasteiger partial charge in [0.2, 0.25) is 0 Å². The highest BCUT2D eigenvalue weighted by atomic mass is 31.1. The lowest BCUT2D eigenvalue weighted by molar-refractivity contribution is 0.285. The predicted octanol–water partition coefficient (Wildman–Crippen LogP) is 6.25. The molecule has 0 aliphatic heterocycles. The van der Waals surface area contributed by atoms with Gasteiger partial charge in [0.15, 0.2) is 0 Å². The van der Waals surface area contributed by atoms with Crippen molar-refractivity contribution in [1.82, 2.24) is 0 Å². The molecule has 0 saturated carbocycles. The third kappa shape index (κ3) is 7.61. The third-order valence-electron chi connectivity index (χ3n) is 4.82. The molecule has 1 atom stereocenters. The zero-order valence-corrected chi connectivity index (χ0v) is 17.9. The first kappa shape index (κ1) is 22.0. The number of hydrogen-bond acceptors (Lipinski definition) is 2. The molecule has 0 aliphatic rings. The number of hydrogen-bond donors (Lipinski definition) is 1. The van der Waals surface area contributed by atoms with Crippen molar-refractivity contribution in [3.8, 4) is 0 Å². The molecule has 4 heteroatoms. The molecule has 0 amide bonds. The Morgan fingerprint density at radius 3 is 1.70 bits per heavy atom. The predicted molar refractivity (Wildman–Crippen MR) is 125 cm³/mol. The van der Waals surface area contributed by atoms with E-state index >= 15 is 0 Å². The Morgan fingerprint density at radius 1 is 0.600 bits per heavy atom. The number of rotatable bonds is 7. The average molecular weight is 418 g/mol. The molecule has 4 aromatic carbocycles. The van der Waals surface area contributed by atoms with Gasteiger partial charge in [-0.2, -0.15) is 0 Å². The van der Waals surface area contributed by atoms with Crippen LogP contribution in [-0.4, -0.2) is 11.5 Å². The Labute approximate surface area is 178 Å². The quantitative estimate of drug-likeness (QED) is 0.361. The highest BCUT2D eigenvalue weighted by molar-refractivity contribution is 7.32. The molecule has 0 heterocycles. The van der Waals surface area contributed by atoms with Crippen molar-refractivity contribution >= 4 is 19.0 Å². The monoisotopic (exact) mass is 418 g/mol. The summed E-state index contributed by atoms with van der Waals surface area (Å²) in [5.74, 6) is 0. The van der Waals surface area contributed by atoms with Crippen LogP contribution in [-0.2, 0) is 28.4 Å². The minimum Gasteiger partial charge on any atom is -0.326 e. The van der Waals surface area contributed by atoms with Crippen LogP contribution in [0.4, 0.5) is 0 Å². The van der Waals surface area contributed by atoms with Crippen LogP contribution in [0.15, 0.2) is 103 Å². The second kappa shape index (κ2) is 12.1. The Kier molecular flexibility index (Phi) is 8.86. The highest BCUT2D eigenvalue weighted by Crippen LogP contribution is 2.18. The molecule has 4 rings (SSSR count). The van der Waals surface area contributed by atoms with Gasteiger partial charge in [0.25, 0.3) is 0 Å². The van der Waals surface area contributed by atoms with E-state index in [0.29, 0.717) is 6.42 Å². The van der Waals surface area contributed by atoms with Gasteiger partial charge in [-0.1, -0.05) is 103 Å². The minimum atomic E-state index is -2.80. The summed E-state index contributed by atoms with van der Waals surface area (Å²) in [7, 11) is -2.80. The summed E-state index contributed by atoms with van der Waals surface area (Å²) in [4.78, 5) is 8.53. The Hall–Kier alpha value is -2.71. The zero-order chi connectivity index (χ0) is 21.0. The van der Waals surface area contributed by atoms with Crippen molar-refractivity contribution in [3.63, 3.8) is 0 Å². The summed E-state index contributed by atoms with van der Waals surface area (Å²) in [6.45, 7) is 0.284. The molecule has 0 aliphatic carbocycles. The third-order valence-corrected chi connectivity index (χ3v) is 5.27. The van der Waals surface area contributed by atoms with Crippen molar-refractivity contribution in [2.75, 3.05) is 6.61 Å². The number of fused-ring (bicyclic) bond motifs is 1. The van der Waals surface area contributed by atoms with E-state index in [2.05, 4.69) is 83.4 Å². The topological polar surface area (TPSA) is 46.5 Å². The second-order valence-electron chi connectivity index (χ2n) is 7.02. The van der Waals surface area contributed by atoms with Crippen molar-refractivity contribution in [1.29, 1.82) is 0 Å². The first-order valence-electron chi connectivity index (χ1n) is 10.1. The zero-order valence-electron chi connectivity index (χ0n) is 16.9. The lowest BCUT2D eigenvalue weighted by Gasteiger charge is -2.03. The van der Waals surface area contributed by atoms with Gasteiger partial charge in [-0.25, -0.2) is 0 Å². The van der Waals surface area contributed by atoms with Crippen LogP contribution in [0.1, 0.15) is 16.7 Å². The fourth-order valence-corrected chi connectivity index (χ4v) is 3.51. The number of benzene rings is 4. The van der Waals surface area contributed by atoms with Crippen LogP contribution in [0.25, 0.3) is 10.8 Å². The van der Waals surface area contributed by atoms with E-state index in [-0.39, 0.29) is 6.61 Å². The van der Waals surface area contributed by atoms with Gasteiger partial charge < -0.3 is 9.42 Å². The molecule has 0 saturated heterocycles. The van der Waals surface area contributed by atoms with E-state index in [4.69, 9.17) is 4.89 Å². The van der Waals surface area contributed by atoms with Crippen molar-refractivity contribution in [2.45, 2.75) is 19.3 Å². The SMILES string of the molecule is O=[PH](O)OCCc1ccc2ccccc2c1.c1ccc(CCc2ccccc2)cc1. The van der Waals surface area contributed by atoms with Gasteiger partial charge in [0.1, 0.15) is 0 Å². The largest absolute Gasteiger partial charge is 0.326 e. The molecule has 0 fully saturated rings. The first-order valence-corrected chi connectivity index (χ1v) is 11.4. The van der Waals surface area contributed by atoms with E-state index in [0.717, 1.165) is 18.4 Å². The van der Waals surface area contributed by atoms with E-state index < -0.39 is 8.25 Å². The molecule has 0 aromatic heterocycles. The van der Waals surface area contributed by atoms with Crippen LogP contribution in [0, 0.1) is 0 Å². The van der Waals surface area contributed by atoms with Crippen LogP contribution >= 0.6 is 8.25 Å². The Morgan fingerprint density at radius 2 is 1.13 bits per heavy atom. The molecule has 154 valence electrons. The molecular weight excluding hydrogens is 391 g/mol. The van der Waals surface area contributed by atoms with Gasteiger partial charge in [0.05, 0.1) is 6.61 Å². The fraction of sp³-hybridized carbons (Fsp3) is 0.154. The van der Waals surface area contributed by atoms with Crippen LogP contribution in [0.5, 0.6) is 0 Å². The summed E-state index contributed by atoms with van der Waals surface area (Å²) in [6, 6.07) is 35.5. The summed E-state index contributed by atoms with van der Waals surface area (Å²) >= 11 is 0. The highest BCUT2D eigenvalue weighted by Gasteiger charge is 1.98. The summed E-state index contributed by atoms with van der Waals surface area (Å²) < 4.78 is 15.0. The van der Waals surface area contributed by atoms with Crippen LogP contribution < -0.4 is 0 Å². The average Bonchev–Trinajstić information content (AvgIpc) is 2.79. The van der Waals surface area contributed by atoms with E-state index in [1.54, 1.807) is 0 Å². The van der Waals surface area contributed by atoms with Crippen molar-refractivity contribution in [2.24, 2.45) is 0 Å². The molecule has 0 bridgehead atoms. The molecule has 1 N–H and O–H groups in total. The first-order chi connectivity index (χ1) is 14.7. The molecular formula is C26H27O3P. The summed E-state index contributed by atoms with van der Waals surface area (Å²) in [6.07, 6.45) is 2.91. The van der Waals surface area contributed by atoms with E-state index in [1.165, 1.54) is 21.9 Å². The lowest BCUT2D eigenvalue weighted by Crippen LogP contribution is -1.92. The van der Waals surface area contributed by atoms with Crippen molar-refractivity contribution < 1.29 is 14.0 Å². The standard InChI is InChI=1S/C14H14.C12H13O3P/c1-3-7-13(8-4-1)11-12-14-9-5-2-6-10-14;13-16(14)15-8-7-10-5-6-11-3-1-2-4-12(11)9-10/h1-10H,11-12H2;1-6,9,16H,7-8H2,(H,13,14). The molecule has 4 aromatic rings. The summed E-state index contributed by atoms with van der Waals surface area (Å²) in [5.41, 5.74) is 3.94. The van der Waals surface area contributed by atoms with Crippen molar-refractivity contribution in [3.05, 3.63) is 120 Å². The Balaban J connectivity index is 0.000000172. The van der Waals surface area contributed by atoms with Gasteiger partial charge >= 0.3 is 8.25 Å². The maximum absolute atomic E-state index is 10.4. The normalized spacial score (nSPS) is 11.5. The maximum Gasteiger partial charge on any atom is 0.316 e. The molecule has 3 nitrogen and oxygen atoms in total. The van der Waals surface area contributed by atoms with Crippen LogP contribution in [0.2, 0.25) is 0 Å². The second-order valence-corrected chi connectivity index (χ2v) is 7.84. The minimum absolute atomic E-state index is 0.284. The lowest BCUT2D eigenvalue weighted by atomic mass is 10.0. The molecule has 1 unspecified atom stereocenters. The maximum atomic E-state index is 10.4. The van der Waals surface area contributed by atoms with Gasteiger partial charge in [-0.15, -0.1) is 0 Å². The molecule has 30 heavy (non-hydrogen) atoms. The Bertz CT molecular complexity index is 1010. The van der Waals surface area contributed by atoms with Gasteiger partial charge in [-0.3, -0.25) is 4.57 Å². The molecule has 0 spiro atoms. The van der Waals surface area contributed by atoms with Crippen LogP contribution in [0.3, 0.4) is 0 Å². The van der Waals surface area contributed by atoms with Gasteiger partial charge in [0, 0.05) is 0 Å². The van der Waals surface area contributed by atoms with Gasteiger partial charge in [-0.05, 0) is 46.7 Å². The van der Waals surface area contributed by atoms with E-state index in [1.807, 2.05) is 24.3 Å². The molecule has 0 radical (unpaired) electrons.